The van der Waals surface area contributed by atoms with Gasteiger partial charge in [0.15, 0.2) is 0 Å². The van der Waals surface area contributed by atoms with Crippen LogP contribution in [0.4, 0.5) is 0 Å². The van der Waals surface area contributed by atoms with Gasteiger partial charge < -0.3 is 10.6 Å². The third kappa shape index (κ3) is 4.65. The molecule has 5 nitrogen and oxygen atoms in total. The van der Waals surface area contributed by atoms with Gasteiger partial charge in [0, 0.05) is 30.4 Å². The highest BCUT2D eigenvalue weighted by Gasteiger charge is 2.25. The Labute approximate surface area is 162 Å². The summed E-state index contributed by atoms with van der Waals surface area (Å²) in [5, 5.41) is 4.50. The van der Waals surface area contributed by atoms with E-state index in [1.807, 2.05) is 34.7 Å². The molecule has 1 aromatic heterocycles. The minimum absolute atomic E-state index is 0. The predicted octanol–water partition coefficient (Wildman–Crippen LogP) is 3.17. The monoisotopic (exact) mass is 376 g/mol. The van der Waals surface area contributed by atoms with E-state index in [4.69, 9.17) is 5.73 Å². The maximum absolute atomic E-state index is 12.8. The fraction of sp³-hybridized carbons (Fsp3) is 0.500. The molecule has 1 aliphatic rings. The summed E-state index contributed by atoms with van der Waals surface area (Å²) in [5.74, 6) is 0.653. The standard InChI is InChI=1S/C20H28N4O.ClH/c1-14-11-15(2)24(22-14)13-17-5-4-6-19(12-17)20(25)23-9-7-18(8-10-23)16(3)21;/h4-6,11-12,16,18H,7-10,13,21H2,1-3H3;1H. The molecule has 2 aromatic rings. The molecule has 0 spiro atoms. The van der Waals surface area contributed by atoms with E-state index in [0.717, 1.165) is 48.4 Å². The van der Waals surface area contributed by atoms with Crippen LogP contribution in [0.15, 0.2) is 30.3 Å². The molecule has 0 bridgehead atoms. The van der Waals surface area contributed by atoms with Crippen LogP contribution in [0.1, 0.15) is 47.1 Å². The zero-order chi connectivity index (χ0) is 18.0. The van der Waals surface area contributed by atoms with Crippen LogP contribution in [0, 0.1) is 19.8 Å². The lowest BCUT2D eigenvalue weighted by molar-refractivity contribution is 0.0681. The van der Waals surface area contributed by atoms with E-state index in [0.29, 0.717) is 12.5 Å². The maximum Gasteiger partial charge on any atom is 0.253 e. The van der Waals surface area contributed by atoms with E-state index in [1.165, 1.54) is 0 Å². The number of piperidine rings is 1. The maximum atomic E-state index is 12.8. The Morgan fingerprint density at radius 1 is 1.27 bits per heavy atom. The predicted molar refractivity (Wildman–Crippen MR) is 107 cm³/mol. The Kier molecular flexibility index (Phi) is 6.84. The summed E-state index contributed by atoms with van der Waals surface area (Å²) >= 11 is 0. The number of hydrogen-bond donors (Lipinski definition) is 1. The third-order valence-corrected chi connectivity index (χ3v) is 5.18. The number of aromatic nitrogens is 2. The van der Waals surface area contributed by atoms with Crippen molar-refractivity contribution in [2.24, 2.45) is 11.7 Å². The van der Waals surface area contributed by atoms with Gasteiger partial charge in [0.05, 0.1) is 12.2 Å². The van der Waals surface area contributed by atoms with Crippen LogP contribution in [-0.4, -0.2) is 39.7 Å². The molecule has 2 heterocycles. The fourth-order valence-electron chi connectivity index (χ4n) is 3.62. The molecule has 2 N–H and O–H groups in total. The number of carbonyl (C=O) groups is 1. The van der Waals surface area contributed by atoms with Crippen molar-refractivity contribution < 1.29 is 4.79 Å². The first-order chi connectivity index (χ1) is 11.9. The second-order valence-electron chi connectivity index (χ2n) is 7.27. The molecule has 0 saturated carbocycles. The van der Waals surface area contributed by atoms with Crippen LogP contribution in [-0.2, 0) is 6.54 Å². The number of nitrogens with zero attached hydrogens (tertiary/aromatic N) is 3. The summed E-state index contributed by atoms with van der Waals surface area (Å²) in [4.78, 5) is 14.8. The number of aryl methyl sites for hydroxylation is 2. The summed E-state index contributed by atoms with van der Waals surface area (Å²) in [5.41, 5.74) is 10.0. The molecular formula is C20H29ClN4O. The van der Waals surface area contributed by atoms with Crippen LogP contribution >= 0.6 is 12.4 Å². The minimum Gasteiger partial charge on any atom is -0.339 e. The summed E-state index contributed by atoms with van der Waals surface area (Å²) in [7, 11) is 0. The van der Waals surface area contributed by atoms with Crippen LogP contribution in [0.5, 0.6) is 0 Å². The summed E-state index contributed by atoms with van der Waals surface area (Å²) in [6, 6.07) is 10.2. The molecule has 0 aliphatic carbocycles. The molecular weight excluding hydrogens is 348 g/mol. The number of carbonyl (C=O) groups excluding carboxylic acids is 1. The van der Waals surface area contributed by atoms with Gasteiger partial charge in [0.25, 0.3) is 5.91 Å². The van der Waals surface area contributed by atoms with Crippen LogP contribution in [0.3, 0.4) is 0 Å². The summed E-state index contributed by atoms with van der Waals surface area (Å²) < 4.78 is 1.98. The van der Waals surface area contributed by atoms with Gasteiger partial charge in [-0.05, 0) is 63.3 Å². The van der Waals surface area contributed by atoms with Gasteiger partial charge in [-0.1, -0.05) is 12.1 Å². The van der Waals surface area contributed by atoms with Gasteiger partial charge >= 0.3 is 0 Å². The zero-order valence-electron chi connectivity index (χ0n) is 15.8. The van der Waals surface area contributed by atoms with Gasteiger partial charge in [-0.15, -0.1) is 12.4 Å². The second kappa shape index (κ2) is 8.69. The van der Waals surface area contributed by atoms with Crippen LogP contribution in [0.2, 0.25) is 0 Å². The second-order valence-corrected chi connectivity index (χ2v) is 7.27. The lowest BCUT2D eigenvalue weighted by Gasteiger charge is -2.33. The quantitative estimate of drug-likeness (QED) is 0.891. The Morgan fingerprint density at radius 3 is 2.54 bits per heavy atom. The van der Waals surface area contributed by atoms with Crippen molar-refractivity contribution in [2.45, 2.75) is 46.2 Å². The average Bonchev–Trinajstić information content (AvgIpc) is 2.91. The Bertz CT molecular complexity index is 748. The van der Waals surface area contributed by atoms with E-state index in [2.05, 4.69) is 31.1 Å². The SMILES string of the molecule is Cc1cc(C)n(Cc2cccc(C(=O)N3CCC(C(C)N)CC3)c2)n1.Cl. The smallest absolute Gasteiger partial charge is 0.253 e. The van der Waals surface area contributed by atoms with E-state index < -0.39 is 0 Å². The number of halogens is 1. The normalized spacial score (nSPS) is 16.2. The largest absolute Gasteiger partial charge is 0.339 e. The van der Waals surface area contributed by atoms with E-state index >= 15 is 0 Å². The van der Waals surface area contributed by atoms with Gasteiger partial charge in [0.1, 0.15) is 0 Å². The Hall–Kier alpha value is -1.85. The van der Waals surface area contributed by atoms with Crippen LogP contribution < -0.4 is 5.73 Å². The van der Waals surface area contributed by atoms with Crippen molar-refractivity contribution in [3.8, 4) is 0 Å². The molecule has 6 heteroatoms. The molecule has 26 heavy (non-hydrogen) atoms. The molecule has 1 aromatic carbocycles. The molecule has 1 amide bonds. The number of nitrogens with two attached hydrogens (primary N) is 1. The lowest BCUT2D eigenvalue weighted by Crippen LogP contribution is -2.42. The third-order valence-electron chi connectivity index (χ3n) is 5.18. The average molecular weight is 377 g/mol. The molecule has 3 rings (SSSR count). The topological polar surface area (TPSA) is 64.2 Å². The van der Waals surface area contributed by atoms with E-state index in [9.17, 15) is 4.79 Å². The highest BCUT2D eigenvalue weighted by atomic mass is 35.5. The lowest BCUT2D eigenvalue weighted by atomic mass is 9.90. The van der Waals surface area contributed by atoms with Gasteiger partial charge in [-0.2, -0.15) is 5.10 Å². The first-order valence-electron chi connectivity index (χ1n) is 9.09. The number of likely N-dealkylation sites (tertiary alicyclic amines) is 1. The first kappa shape index (κ1) is 20.5. The number of amides is 1. The van der Waals surface area contributed by atoms with Gasteiger partial charge in [-0.3, -0.25) is 9.48 Å². The molecule has 1 aliphatic heterocycles. The summed E-state index contributed by atoms with van der Waals surface area (Å²) in [6.07, 6.45) is 1.99. The van der Waals surface area contributed by atoms with E-state index in [1.54, 1.807) is 0 Å². The Morgan fingerprint density at radius 2 is 1.96 bits per heavy atom. The molecule has 142 valence electrons. The van der Waals surface area contributed by atoms with Crippen molar-refractivity contribution >= 4 is 18.3 Å². The van der Waals surface area contributed by atoms with Crippen LogP contribution in [0.25, 0.3) is 0 Å². The molecule has 1 fully saturated rings. The number of benzene rings is 1. The van der Waals surface area contributed by atoms with Crippen molar-refractivity contribution in [3.05, 3.63) is 52.8 Å². The number of hydrogen-bond acceptors (Lipinski definition) is 3. The molecule has 1 saturated heterocycles. The fourth-order valence-corrected chi connectivity index (χ4v) is 3.62. The molecule has 0 radical (unpaired) electrons. The van der Waals surface area contributed by atoms with Gasteiger partial charge in [0.2, 0.25) is 0 Å². The van der Waals surface area contributed by atoms with Crippen molar-refractivity contribution in [1.82, 2.24) is 14.7 Å². The number of rotatable bonds is 4. The zero-order valence-corrected chi connectivity index (χ0v) is 16.6. The molecule has 1 atom stereocenters. The van der Waals surface area contributed by atoms with Crippen molar-refractivity contribution in [2.75, 3.05) is 13.1 Å². The molecule has 1 unspecified atom stereocenters. The Balaban J connectivity index is 0.00000243. The van der Waals surface area contributed by atoms with Crippen molar-refractivity contribution in [1.29, 1.82) is 0 Å². The highest BCUT2D eigenvalue weighted by molar-refractivity contribution is 5.94. The first-order valence-corrected chi connectivity index (χ1v) is 9.09. The minimum atomic E-state index is 0. The summed E-state index contributed by atoms with van der Waals surface area (Å²) in [6.45, 7) is 8.39. The van der Waals surface area contributed by atoms with E-state index in [-0.39, 0.29) is 24.4 Å². The van der Waals surface area contributed by atoms with Gasteiger partial charge in [-0.25, -0.2) is 0 Å². The van der Waals surface area contributed by atoms with Crippen molar-refractivity contribution in [3.63, 3.8) is 0 Å². The highest BCUT2D eigenvalue weighted by Crippen LogP contribution is 2.21.